The normalized spacial score (nSPS) is 42.1. The van der Waals surface area contributed by atoms with E-state index in [0.717, 1.165) is 28.8 Å². The van der Waals surface area contributed by atoms with Gasteiger partial charge in [0, 0.05) is 10.5 Å². The van der Waals surface area contributed by atoms with Crippen molar-refractivity contribution >= 4 is 11.8 Å². The molecule has 0 amide bonds. The molecule has 7 unspecified atom stereocenters. The minimum Gasteiger partial charge on any atom is -0.393 e. The molecule has 2 rings (SSSR count). The SMILES string of the molecule is CC1CCC(C(C)(C)C)CC1SC1CC(C(C)(C)C)C(O)CC1C. The minimum atomic E-state index is -0.108. The minimum absolute atomic E-state index is 0.108. The number of hydrogen-bond donors (Lipinski definition) is 1. The van der Waals surface area contributed by atoms with Crippen LogP contribution in [0.2, 0.25) is 0 Å². The molecule has 2 saturated carbocycles. The molecule has 0 bridgehead atoms. The lowest BCUT2D eigenvalue weighted by molar-refractivity contribution is -0.00300. The van der Waals surface area contributed by atoms with Crippen molar-refractivity contribution in [2.45, 2.75) is 104 Å². The Morgan fingerprint density at radius 2 is 1.33 bits per heavy atom. The Morgan fingerprint density at radius 1 is 0.750 bits per heavy atom. The molecule has 2 aliphatic carbocycles. The highest BCUT2D eigenvalue weighted by Crippen LogP contribution is 2.50. The number of hydrogen-bond acceptors (Lipinski definition) is 2. The Balaban J connectivity index is 2.04. The maximum atomic E-state index is 10.6. The van der Waals surface area contributed by atoms with Crippen molar-refractivity contribution in [3.63, 3.8) is 0 Å². The third-order valence-electron chi connectivity index (χ3n) is 7.01. The Morgan fingerprint density at radius 3 is 1.88 bits per heavy atom. The van der Waals surface area contributed by atoms with Crippen LogP contribution in [0.1, 0.15) is 87.5 Å². The van der Waals surface area contributed by atoms with Gasteiger partial charge in [-0.15, -0.1) is 0 Å². The molecule has 1 nitrogen and oxygen atoms in total. The molecule has 7 atom stereocenters. The second-order valence-electron chi connectivity index (χ2n) is 11.1. The van der Waals surface area contributed by atoms with Gasteiger partial charge in [-0.2, -0.15) is 11.8 Å². The van der Waals surface area contributed by atoms with E-state index in [1.807, 2.05) is 0 Å². The van der Waals surface area contributed by atoms with Crippen LogP contribution in [-0.2, 0) is 0 Å². The van der Waals surface area contributed by atoms with Crippen LogP contribution in [0.4, 0.5) is 0 Å². The zero-order valence-corrected chi connectivity index (χ0v) is 18.2. The van der Waals surface area contributed by atoms with Gasteiger partial charge in [-0.1, -0.05) is 55.4 Å². The smallest absolute Gasteiger partial charge is 0.0576 e. The average Bonchev–Trinajstić information content (AvgIpc) is 2.41. The molecular formula is C22H42OS. The van der Waals surface area contributed by atoms with Crippen molar-refractivity contribution in [1.82, 2.24) is 0 Å². The molecular weight excluding hydrogens is 312 g/mol. The summed E-state index contributed by atoms with van der Waals surface area (Å²) >= 11 is 2.29. The topological polar surface area (TPSA) is 20.2 Å². The van der Waals surface area contributed by atoms with Crippen molar-refractivity contribution in [3.05, 3.63) is 0 Å². The standard InChI is InChI=1S/C22H42OS/c1-14-9-10-16(21(3,4)5)12-19(14)24-20-13-17(22(6,7)8)18(23)11-15(20)2/h14-20,23H,9-13H2,1-8H3. The Hall–Kier alpha value is 0.310. The fourth-order valence-corrected chi connectivity index (χ4v) is 6.83. The summed E-state index contributed by atoms with van der Waals surface area (Å²) < 4.78 is 0. The van der Waals surface area contributed by atoms with Crippen LogP contribution in [0.5, 0.6) is 0 Å². The highest BCUT2D eigenvalue weighted by Gasteiger charge is 2.42. The van der Waals surface area contributed by atoms with Crippen molar-refractivity contribution in [2.24, 2.45) is 34.5 Å². The van der Waals surface area contributed by atoms with Crippen LogP contribution in [0, 0.1) is 34.5 Å². The summed E-state index contributed by atoms with van der Waals surface area (Å²) in [6.45, 7) is 19.0. The zero-order chi connectivity index (χ0) is 18.3. The number of aliphatic hydroxyl groups is 1. The fourth-order valence-electron chi connectivity index (χ4n) is 4.94. The van der Waals surface area contributed by atoms with E-state index in [2.05, 4.69) is 67.2 Å². The van der Waals surface area contributed by atoms with Gasteiger partial charge in [0.2, 0.25) is 0 Å². The monoisotopic (exact) mass is 354 g/mol. The summed E-state index contributed by atoms with van der Waals surface area (Å²) in [7, 11) is 0. The molecule has 0 aromatic carbocycles. The Labute approximate surface area is 155 Å². The van der Waals surface area contributed by atoms with Gasteiger partial charge in [0.05, 0.1) is 6.10 Å². The van der Waals surface area contributed by atoms with Gasteiger partial charge in [0.1, 0.15) is 0 Å². The Bertz CT molecular complexity index is 405. The van der Waals surface area contributed by atoms with E-state index in [-0.39, 0.29) is 11.5 Å². The zero-order valence-electron chi connectivity index (χ0n) is 17.4. The second kappa shape index (κ2) is 7.51. The van der Waals surface area contributed by atoms with Gasteiger partial charge < -0.3 is 5.11 Å². The van der Waals surface area contributed by atoms with Crippen molar-refractivity contribution in [2.75, 3.05) is 0 Å². The van der Waals surface area contributed by atoms with E-state index in [1.165, 1.54) is 25.7 Å². The van der Waals surface area contributed by atoms with Gasteiger partial charge in [0.25, 0.3) is 0 Å². The van der Waals surface area contributed by atoms with Crippen LogP contribution in [-0.4, -0.2) is 21.7 Å². The van der Waals surface area contributed by atoms with Gasteiger partial charge in [-0.05, 0) is 66.6 Å². The second-order valence-corrected chi connectivity index (χ2v) is 12.5. The van der Waals surface area contributed by atoms with E-state index in [9.17, 15) is 5.11 Å². The highest BCUT2D eigenvalue weighted by molar-refractivity contribution is 8.00. The summed E-state index contributed by atoms with van der Waals surface area (Å²) in [5.74, 6) is 2.81. The van der Waals surface area contributed by atoms with E-state index in [0.29, 0.717) is 17.3 Å². The van der Waals surface area contributed by atoms with Crippen molar-refractivity contribution in [3.8, 4) is 0 Å². The quantitative estimate of drug-likeness (QED) is 0.620. The van der Waals surface area contributed by atoms with Crippen molar-refractivity contribution in [1.29, 1.82) is 0 Å². The lowest BCUT2D eigenvalue weighted by atomic mass is 9.68. The summed E-state index contributed by atoms with van der Waals surface area (Å²) in [6.07, 6.45) is 6.27. The summed E-state index contributed by atoms with van der Waals surface area (Å²) in [5, 5.41) is 12.1. The lowest BCUT2D eigenvalue weighted by Crippen LogP contribution is -2.43. The maximum absolute atomic E-state index is 10.6. The van der Waals surface area contributed by atoms with Crippen LogP contribution in [0.25, 0.3) is 0 Å². The van der Waals surface area contributed by atoms with Gasteiger partial charge in [-0.25, -0.2) is 0 Å². The molecule has 0 radical (unpaired) electrons. The maximum Gasteiger partial charge on any atom is 0.0576 e. The molecule has 0 heterocycles. The van der Waals surface area contributed by atoms with Crippen LogP contribution >= 0.6 is 11.8 Å². The van der Waals surface area contributed by atoms with Gasteiger partial charge in [0.15, 0.2) is 0 Å². The molecule has 0 saturated heterocycles. The molecule has 142 valence electrons. The largest absolute Gasteiger partial charge is 0.393 e. The first-order valence-electron chi connectivity index (χ1n) is 10.2. The number of rotatable bonds is 2. The summed E-state index contributed by atoms with van der Waals surface area (Å²) in [5.41, 5.74) is 0.658. The molecule has 2 aliphatic rings. The van der Waals surface area contributed by atoms with Crippen LogP contribution in [0.15, 0.2) is 0 Å². The average molecular weight is 355 g/mol. The summed E-state index contributed by atoms with van der Waals surface area (Å²) in [4.78, 5) is 0. The van der Waals surface area contributed by atoms with Crippen LogP contribution in [0.3, 0.4) is 0 Å². The lowest BCUT2D eigenvalue weighted by Gasteiger charge is -2.47. The number of aliphatic hydroxyl groups excluding tert-OH is 1. The van der Waals surface area contributed by atoms with Gasteiger partial charge >= 0.3 is 0 Å². The predicted molar refractivity (Wildman–Crippen MR) is 108 cm³/mol. The third kappa shape index (κ3) is 4.93. The summed E-state index contributed by atoms with van der Waals surface area (Å²) in [6, 6.07) is 0. The Kier molecular flexibility index (Phi) is 6.45. The highest BCUT2D eigenvalue weighted by atomic mass is 32.2. The van der Waals surface area contributed by atoms with E-state index < -0.39 is 0 Å². The molecule has 24 heavy (non-hydrogen) atoms. The molecule has 0 aromatic heterocycles. The van der Waals surface area contributed by atoms with Gasteiger partial charge in [-0.3, -0.25) is 0 Å². The molecule has 0 aliphatic heterocycles. The number of thioether (sulfide) groups is 1. The molecule has 2 heteroatoms. The van der Waals surface area contributed by atoms with E-state index >= 15 is 0 Å². The predicted octanol–water partition coefficient (Wildman–Crippen LogP) is 6.39. The first-order valence-corrected chi connectivity index (χ1v) is 11.2. The molecule has 2 fully saturated rings. The van der Waals surface area contributed by atoms with E-state index in [4.69, 9.17) is 0 Å². The first-order chi connectivity index (χ1) is 10.9. The molecule has 0 spiro atoms. The van der Waals surface area contributed by atoms with Crippen molar-refractivity contribution < 1.29 is 5.11 Å². The molecule has 0 aromatic rings. The van der Waals surface area contributed by atoms with Crippen LogP contribution < -0.4 is 0 Å². The first kappa shape index (κ1) is 20.6. The van der Waals surface area contributed by atoms with E-state index in [1.54, 1.807) is 0 Å². The molecule has 1 N–H and O–H groups in total. The fraction of sp³-hybridized carbons (Fsp3) is 1.00. The third-order valence-corrected chi connectivity index (χ3v) is 9.02.